The second-order valence-corrected chi connectivity index (χ2v) is 4.01. The minimum atomic E-state index is -1.05. The molecule has 0 bridgehead atoms. The van der Waals surface area contributed by atoms with Crippen molar-refractivity contribution in [2.45, 2.75) is 26.7 Å². The summed E-state index contributed by atoms with van der Waals surface area (Å²) in [4.78, 5) is 35.4. The van der Waals surface area contributed by atoms with Gasteiger partial charge in [0.25, 0.3) is 0 Å². The lowest BCUT2D eigenvalue weighted by molar-refractivity contribution is -0.146. The van der Waals surface area contributed by atoms with Gasteiger partial charge < -0.3 is 10.6 Å². The number of primary amides is 1. The summed E-state index contributed by atoms with van der Waals surface area (Å²) in [5, 5.41) is 0. The number of hydrogen-bond acceptors (Lipinski definition) is 3. The highest BCUT2D eigenvalue weighted by atomic mass is 16.2. The van der Waals surface area contributed by atoms with Crippen LogP contribution in [0.15, 0.2) is 0 Å². The third kappa shape index (κ3) is 2.00. The van der Waals surface area contributed by atoms with Crippen molar-refractivity contribution in [3.8, 4) is 0 Å². The molecule has 1 aliphatic heterocycles. The fourth-order valence-electron chi connectivity index (χ4n) is 1.98. The van der Waals surface area contributed by atoms with Crippen LogP contribution in [0.25, 0.3) is 0 Å². The molecule has 0 aromatic carbocycles. The molecule has 15 heavy (non-hydrogen) atoms. The average molecular weight is 212 g/mol. The number of carbonyl (C=O) groups excluding carboxylic acids is 3. The Hall–Kier alpha value is -1.39. The third-order valence-electron chi connectivity index (χ3n) is 3.21. The van der Waals surface area contributed by atoms with Gasteiger partial charge in [-0.3, -0.25) is 14.4 Å². The molecule has 1 saturated heterocycles. The topological polar surface area (TPSA) is 80.5 Å². The van der Waals surface area contributed by atoms with E-state index in [1.807, 2.05) is 0 Å². The van der Waals surface area contributed by atoms with Crippen LogP contribution in [0.5, 0.6) is 0 Å². The first-order valence-corrected chi connectivity index (χ1v) is 4.96. The first-order valence-electron chi connectivity index (χ1n) is 4.96. The Morgan fingerprint density at radius 1 is 1.13 bits per heavy atom. The highest BCUT2D eigenvalue weighted by Gasteiger charge is 2.44. The number of rotatable bonds is 2. The SMILES string of the molecule is CC(=O)N1CCC(C(C)=O)(C(N)=O)CC1. The maximum Gasteiger partial charge on any atom is 0.231 e. The van der Waals surface area contributed by atoms with Crippen molar-refractivity contribution >= 4 is 17.6 Å². The number of ketones is 1. The summed E-state index contributed by atoms with van der Waals surface area (Å²) < 4.78 is 0. The molecule has 5 heteroatoms. The van der Waals surface area contributed by atoms with Gasteiger partial charge in [-0.2, -0.15) is 0 Å². The first-order chi connectivity index (χ1) is 6.90. The van der Waals surface area contributed by atoms with E-state index in [9.17, 15) is 14.4 Å². The molecule has 1 heterocycles. The Morgan fingerprint density at radius 2 is 1.60 bits per heavy atom. The van der Waals surface area contributed by atoms with Crippen molar-refractivity contribution in [1.82, 2.24) is 4.90 Å². The lowest BCUT2D eigenvalue weighted by Gasteiger charge is -2.37. The standard InChI is InChI=1S/C10H16N2O3/c1-7(13)10(9(11)15)3-5-12(6-4-10)8(2)14/h3-6H2,1-2H3,(H2,11,15). The van der Waals surface area contributed by atoms with Crippen molar-refractivity contribution < 1.29 is 14.4 Å². The van der Waals surface area contributed by atoms with Crippen LogP contribution in [0, 0.1) is 5.41 Å². The summed E-state index contributed by atoms with van der Waals surface area (Å²) in [6.07, 6.45) is 0.689. The number of nitrogens with two attached hydrogens (primary N) is 1. The number of piperidine rings is 1. The van der Waals surface area contributed by atoms with Crippen LogP contribution in [0.1, 0.15) is 26.7 Å². The van der Waals surface area contributed by atoms with Crippen molar-refractivity contribution in [2.24, 2.45) is 11.1 Å². The zero-order valence-corrected chi connectivity index (χ0v) is 9.08. The zero-order valence-electron chi connectivity index (χ0n) is 9.08. The molecular formula is C10H16N2O3. The van der Waals surface area contributed by atoms with E-state index in [4.69, 9.17) is 5.73 Å². The zero-order chi connectivity index (χ0) is 11.6. The third-order valence-corrected chi connectivity index (χ3v) is 3.21. The van der Waals surface area contributed by atoms with Gasteiger partial charge in [0.05, 0.1) is 0 Å². The molecule has 1 aliphatic rings. The van der Waals surface area contributed by atoms with E-state index in [0.29, 0.717) is 25.9 Å². The molecule has 84 valence electrons. The van der Waals surface area contributed by atoms with Gasteiger partial charge in [-0.05, 0) is 19.8 Å². The van der Waals surface area contributed by atoms with Crippen LogP contribution in [0.4, 0.5) is 0 Å². The number of carbonyl (C=O) groups is 3. The van der Waals surface area contributed by atoms with Gasteiger partial charge >= 0.3 is 0 Å². The molecule has 0 unspecified atom stereocenters. The first kappa shape index (κ1) is 11.7. The Kier molecular flexibility index (Phi) is 3.12. The van der Waals surface area contributed by atoms with Gasteiger partial charge in [-0.1, -0.05) is 0 Å². The number of Topliss-reactive ketones (excluding diaryl/α,β-unsaturated/α-hetero) is 1. The molecule has 0 aliphatic carbocycles. The van der Waals surface area contributed by atoms with E-state index in [0.717, 1.165) is 0 Å². The molecule has 5 nitrogen and oxygen atoms in total. The lowest BCUT2D eigenvalue weighted by atomic mass is 9.74. The Labute approximate surface area is 88.6 Å². The lowest BCUT2D eigenvalue weighted by Crippen LogP contribution is -2.51. The van der Waals surface area contributed by atoms with Crippen LogP contribution >= 0.6 is 0 Å². The molecule has 0 radical (unpaired) electrons. The van der Waals surface area contributed by atoms with Crippen molar-refractivity contribution in [3.05, 3.63) is 0 Å². The summed E-state index contributed by atoms with van der Waals surface area (Å²) in [7, 11) is 0. The predicted octanol–water partition coefficient (Wildman–Crippen LogP) is -0.311. The van der Waals surface area contributed by atoms with Crippen molar-refractivity contribution in [1.29, 1.82) is 0 Å². The van der Waals surface area contributed by atoms with Gasteiger partial charge in [0, 0.05) is 20.0 Å². The molecule has 0 aromatic heterocycles. The molecule has 1 rings (SSSR count). The van der Waals surface area contributed by atoms with Crippen LogP contribution in [-0.2, 0) is 14.4 Å². The van der Waals surface area contributed by atoms with E-state index in [1.54, 1.807) is 4.90 Å². The smallest absolute Gasteiger partial charge is 0.231 e. The van der Waals surface area contributed by atoms with Crippen LogP contribution in [-0.4, -0.2) is 35.6 Å². The summed E-state index contributed by atoms with van der Waals surface area (Å²) in [5.41, 5.74) is 4.21. The normalized spacial score (nSPS) is 19.7. The fourth-order valence-corrected chi connectivity index (χ4v) is 1.98. The number of hydrogen-bond donors (Lipinski definition) is 1. The quantitative estimate of drug-likeness (QED) is 0.637. The van der Waals surface area contributed by atoms with Crippen molar-refractivity contribution in [3.63, 3.8) is 0 Å². The number of likely N-dealkylation sites (tertiary alicyclic amines) is 1. The van der Waals surface area contributed by atoms with Crippen molar-refractivity contribution in [2.75, 3.05) is 13.1 Å². The van der Waals surface area contributed by atoms with E-state index >= 15 is 0 Å². The predicted molar refractivity (Wildman–Crippen MR) is 53.8 cm³/mol. The van der Waals surface area contributed by atoms with E-state index < -0.39 is 11.3 Å². The van der Waals surface area contributed by atoms with Crippen LogP contribution in [0.3, 0.4) is 0 Å². The minimum absolute atomic E-state index is 0.0309. The van der Waals surface area contributed by atoms with Gasteiger partial charge in [-0.15, -0.1) is 0 Å². The van der Waals surface area contributed by atoms with E-state index in [-0.39, 0.29) is 11.7 Å². The number of amides is 2. The molecule has 2 N–H and O–H groups in total. The second-order valence-electron chi connectivity index (χ2n) is 4.01. The molecule has 0 spiro atoms. The average Bonchev–Trinajstić information content (AvgIpc) is 2.17. The fraction of sp³-hybridized carbons (Fsp3) is 0.700. The van der Waals surface area contributed by atoms with E-state index in [2.05, 4.69) is 0 Å². The monoisotopic (exact) mass is 212 g/mol. The Bertz CT molecular complexity index is 288. The maximum absolute atomic E-state index is 11.4. The maximum atomic E-state index is 11.4. The molecule has 0 aromatic rings. The van der Waals surface area contributed by atoms with Gasteiger partial charge in [-0.25, -0.2) is 0 Å². The molecule has 1 fully saturated rings. The van der Waals surface area contributed by atoms with Crippen LogP contribution < -0.4 is 5.73 Å². The molecule has 0 atom stereocenters. The summed E-state index contributed by atoms with van der Waals surface area (Å²) in [6.45, 7) is 3.72. The number of nitrogens with zero attached hydrogens (tertiary/aromatic N) is 1. The minimum Gasteiger partial charge on any atom is -0.369 e. The van der Waals surface area contributed by atoms with E-state index in [1.165, 1.54) is 13.8 Å². The summed E-state index contributed by atoms with van der Waals surface area (Å²) >= 11 is 0. The highest BCUT2D eigenvalue weighted by Crippen LogP contribution is 2.32. The Morgan fingerprint density at radius 3 is 1.87 bits per heavy atom. The molecular weight excluding hydrogens is 196 g/mol. The second kappa shape index (κ2) is 4.00. The largest absolute Gasteiger partial charge is 0.369 e. The van der Waals surface area contributed by atoms with Gasteiger partial charge in [0.2, 0.25) is 11.8 Å². The van der Waals surface area contributed by atoms with Crippen LogP contribution in [0.2, 0.25) is 0 Å². The van der Waals surface area contributed by atoms with Gasteiger partial charge in [0.1, 0.15) is 11.2 Å². The summed E-state index contributed by atoms with van der Waals surface area (Å²) in [6, 6.07) is 0. The van der Waals surface area contributed by atoms with Gasteiger partial charge in [0.15, 0.2) is 0 Å². The Balaban J connectivity index is 2.79. The summed E-state index contributed by atoms with van der Waals surface area (Å²) in [5.74, 6) is -0.798. The molecule has 2 amide bonds. The highest BCUT2D eigenvalue weighted by molar-refractivity contribution is 6.04. The molecule has 0 saturated carbocycles.